The van der Waals surface area contributed by atoms with Crippen LogP contribution in [-0.4, -0.2) is 15.3 Å². The molecule has 0 atom stereocenters. The summed E-state index contributed by atoms with van der Waals surface area (Å²) >= 11 is 8.65. The van der Waals surface area contributed by atoms with E-state index in [9.17, 15) is 17.9 Å². The van der Waals surface area contributed by atoms with Crippen molar-refractivity contribution < 1.29 is 17.9 Å². The zero-order chi connectivity index (χ0) is 7.65. The van der Waals surface area contributed by atoms with Gasteiger partial charge in [-0.25, -0.2) is 0 Å². The van der Waals surface area contributed by atoms with Crippen LogP contribution >= 0.6 is 23.2 Å². The van der Waals surface area contributed by atoms with Crippen molar-refractivity contribution >= 4 is 23.2 Å². The summed E-state index contributed by atoms with van der Waals surface area (Å²) in [6, 6.07) is 0. The average Bonchev–Trinajstić information content (AvgIpc) is 1.65. The highest BCUT2D eigenvalue weighted by molar-refractivity contribution is 6.47. The average molecular weight is 187 g/mol. The summed E-state index contributed by atoms with van der Waals surface area (Å²) < 4.78 is 40.9. The predicted molar refractivity (Wildman–Crippen MR) is 22.5 cm³/mol. The zero-order valence-corrected chi connectivity index (χ0v) is 5.17. The minimum absolute atomic E-state index is 2.03. The van der Waals surface area contributed by atoms with E-state index in [4.69, 9.17) is 0 Å². The molecule has 0 saturated carbocycles. The Balaban J connectivity index is 4.01. The Hall–Kier alpha value is 0.220. The molecule has 0 aliphatic rings. The van der Waals surface area contributed by atoms with Crippen LogP contribution in [0.2, 0.25) is 0 Å². The number of rotatable bonds is 2. The Morgan fingerprint density at radius 3 is 1.11 bits per heavy atom. The van der Waals surface area contributed by atoms with Gasteiger partial charge in [0, 0.05) is 0 Å². The van der Waals surface area contributed by atoms with Crippen molar-refractivity contribution in [2.45, 2.75) is 4.58 Å². The molecule has 0 aromatic carbocycles. The van der Waals surface area contributed by atoms with Gasteiger partial charge < -0.3 is 0 Å². The first kappa shape index (κ1) is 9.22. The molecule has 0 spiro atoms. The summed E-state index contributed by atoms with van der Waals surface area (Å²) in [5, 5.41) is -4.06. The minimum Gasteiger partial charge on any atom is -0.0966 e. The lowest BCUT2D eigenvalue weighted by Gasteiger charge is -2.17. The molecule has 56 valence electrons. The third-order valence-electron chi connectivity index (χ3n) is 0.407. The van der Waals surface area contributed by atoms with Crippen molar-refractivity contribution in [2.24, 2.45) is 0 Å². The summed E-state index contributed by atoms with van der Waals surface area (Å²) in [6.45, 7) is 0. The largest absolute Gasteiger partial charge is 0.342 e. The molecule has 0 aliphatic heterocycles. The van der Waals surface area contributed by atoms with E-state index < -0.39 is 15.3 Å². The van der Waals surface area contributed by atoms with E-state index in [1.54, 1.807) is 0 Å². The minimum atomic E-state index is -3.56. The van der Waals surface area contributed by atoms with Gasteiger partial charge in [0.05, 0.1) is 10.7 Å². The second-order valence-electron chi connectivity index (χ2n) is 0.975. The molecule has 0 heterocycles. The molecule has 0 aromatic rings. The fraction of sp³-hybridized carbons (Fsp3) is 1.00. The molecule has 0 amide bonds. The number of hydrogen-bond donors (Lipinski definition) is 0. The van der Waals surface area contributed by atoms with E-state index in [2.05, 4.69) is 23.2 Å². The Labute approximate surface area is 57.3 Å². The van der Waals surface area contributed by atoms with Gasteiger partial charge in [0.25, 0.3) is 0 Å². The molecular weight excluding hydrogens is 187 g/mol. The van der Waals surface area contributed by atoms with Crippen molar-refractivity contribution in [1.29, 1.82) is 0 Å². The number of halogens is 6. The monoisotopic (exact) mass is 186 g/mol. The van der Waals surface area contributed by atoms with E-state index >= 15 is 0 Å². The highest BCUT2D eigenvalue weighted by atomic mass is 35.5. The van der Waals surface area contributed by atoms with Gasteiger partial charge in [-0.1, -0.05) is 41.1 Å². The molecule has 9 heavy (non-hydrogen) atoms. The summed E-state index contributed by atoms with van der Waals surface area (Å²) in [7, 11) is 0. The van der Waals surface area contributed by atoms with E-state index in [-0.39, 0.29) is 0 Å². The standard InChI is InChI=1S/CCl2F4N2/c2-1(3,8(4)5)9(6)7. The van der Waals surface area contributed by atoms with Crippen LogP contribution in [0.5, 0.6) is 0 Å². The third kappa shape index (κ3) is 2.13. The van der Waals surface area contributed by atoms with Gasteiger partial charge in [-0.15, -0.1) is 0 Å². The highest BCUT2D eigenvalue weighted by Crippen LogP contribution is 2.31. The summed E-state index contributed by atoms with van der Waals surface area (Å²) in [5.74, 6) is 0. The summed E-state index contributed by atoms with van der Waals surface area (Å²) in [5.41, 5.74) is 0. The maximum atomic E-state index is 11.1. The van der Waals surface area contributed by atoms with E-state index in [1.807, 2.05) is 0 Å². The third-order valence-corrected chi connectivity index (χ3v) is 0.918. The Morgan fingerprint density at radius 1 is 0.889 bits per heavy atom. The fourth-order valence-corrected chi connectivity index (χ4v) is 0.0571. The van der Waals surface area contributed by atoms with Crippen molar-refractivity contribution in [3.63, 3.8) is 0 Å². The molecule has 0 unspecified atom stereocenters. The first-order valence-corrected chi connectivity index (χ1v) is 2.26. The molecule has 0 bridgehead atoms. The van der Waals surface area contributed by atoms with Gasteiger partial charge in [0.15, 0.2) is 0 Å². The van der Waals surface area contributed by atoms with Crippen LogP contribution in [0.1, 0.15) is 0 Å². The molecule has 0 N–H and O–H groups in total. The van der Waals surface area contributed by atoms with Gasteiger partial charge in [0.2, 0.25) is 0 Å². The number of nitrogens with zero attached hydrogens (tertiary/aromatic N) is 2. The van der Waals surface area contributed by atoms with Gasteiger partial charge in [-0.05, 0) is 0 Å². The maximum Gasteiger partial charge on any atom is 0.342 e. The summed E-state index contributed by atoms with van der Waals surface area (Å²) in [4.78, 5) is 0. The zero-order valence-electron chi connectivity index (χ0n) is 3.66. The van der Waals surface area contributed by atoms with Crippen molar-refractivity contribution in [1.82, 2.24) is 10.7 Å². The molecule has 0 aliphatic carbocycles. The first-order chi connectivity index (χ1) is 3.89. The van der Waals surface area contributed by atoms with Crippen molar-refractivity contribution in [3.05, 3.63) is 0 Å². The maximum absolute atomic E-state index is 11.1. The molecule has 0 rings (SSSR count). The lowest BCUT2D eigenvalue weighted by molar-refractivity contribution is -0.308. The first-order valence-electron chi connectivity index (χ1n) is 1.50. The predicted octanol–water partition coefficient (Wildman–Crippen LogP) is 2.22. The molecule has 2 nitrogen and oxygen atoms in total. The summed E-state index contributed by atoms with van der Waals surface area (Å²) in [6.07, 6.45) is 0. The fourth-order valence-electron chi connectivity index (χ4n) is 0.0571. The van der Waals surface area contributed by atoms with E-state index in [1.165, 1.54) is 0 Å². The van der Waals surface area contributed by atoms with Crippen molar-refractivity contribution in [3.8, 4) is 0 Å². The normalized spacial score (nSPS) is 13.3. The van der Waals surface area contributed by atoms with E-state index in [0.29, 0.717) is 0 Å². The van der Waals surface area contributed by atoms with Gasteiger partial charge >= 0.3 is 4.58 Å². The molecule has 0 radical (unpaired) electrons. The van der Waals surface area contributed by atoms with Crippen LogP contribution in [0.3, 0.4) is 0 Å². The molecular formula is CCl2F4N2. The Kier molecular flexibility index (Phi) is 2.94. The van der Waals surface area contributed by atoms with Crippen molar-refractivity contribution in [2.75, 3.05) is 0 Å². The Bertz CT molecular complexity index is 84.6. The van der Waals surface area contributed by atoms with E-state index in [0.717, 1.165) is 0 Å². The second kappa shape index (κ2) is 2.87. The second-order valence-corrected chi connectivity index (χ2v) is 2.22. The lowest BCUT2D eigenvalue weighted by atomic mass is 11.2. The topological polar surface area (TPSA) is 6.48 Å². The van der Waals surface area contributed by atoms with Crippen LogP contribution in [0, 0.1) is 0 Å². The molecule has 0 saturated heterocycles. The quantitative estimate of drug-likeness (QED) is 0.215. The van der Waals surface area contributed by atoms with Gasteiger partial charge in [0.1, 0.15) is 0 Å². The lowest BCUT2D eigenvalue weighted by Crippen LogP contribution is -2.36. The smallest absolute Gasteiger partial charge is 0.0966 e. The van der Waals surface area contributed by atoms with Crippen LogP contribution in [-0.2, 0) is 0 Å². The Morgan fingerprint density at radius 2 is 1.11 bits per heavy atom. The SMILES string of the molecule is FN(F)C(Cl)(Cl)N(F)F. The van der Waals surface area contributed by atoms with Crippen LogP contribution in [0.25, 0.3) is 0 Å². The van der Waals surface area contributed by atoms with Gasteiger partial charge in [-0.3, -0.25) is 0 Å². The molecule has 8 heteroatoms. The van der Waals surface area contributed by atoms with Crippen LogP contribution in [0.4, 0.5) is 17.9 Å². The number of alkyl halides is 2. The molecule has 0 fully saturated rings. The highest BCUT2D eigenvalue weighted by Gasteiger charge is 2.43. The number of hydrogen-bond acceptors (Lipinski definition) is 2. The van der Waals surface area contributed by atoms with Gasteiger partial charge in [-0.2, -0.15) is 0 Å². The molecule has 0 aromatic heterocycles. The van der Waals surface area contributed by atoms with Crippen LogP contribution < -0.4 is 0 Å². The van der Waals surface area contributed by atoms with Crippen LogP contribution in [0.15, 0.2) is 0 Å².